The maximum absolute atomic E-state index is 12.3. The maximum Gasteiger partial charge on any atom is 0.261 e. The summed E-state index contributed by atoms with van der Waals surface area (Å²) in [6.07, 6.45) is 0.778. The highest BCUT2D eigenvalue weighted by atomic mass is 16.2. The van der Waals surface area contributed by atoms with E-state index in [1.54, 1.807) is 0 Å². The predicted octanol–water partition coefficient (Wildman–Crippen LogP) is 1.51. The van der Waals surface area contributed by atoms with Crippen molar-refractivity contribution < 1.29 is 9.59 Å². The van der Waals surface area contributed by atoms with Gasteiger partial charge in [-0.15, -0.1) is 0 Å². The highest BCUT2D eigenvalue weighted by Gasteiger charge is 2.37. The fourth-order valence-electron chi connectivity index (χ4n) is 2.34. The minimum atomic E-state index is -0.146. The summed E-state index contributed by atoms with van der Waals surface area (Å²) in [6.45, 7) is 5.03. The lowest BCUT2D eigenvalue weighted by molar-refractivity contribution is 0.0652. The Labute approximate surface area is 107 Å². The first-order valence-electron chi connectivity index (χ1n) is 6.19. The molecule has 0 fully saturated rings. The van der Waals surface area contributed by atoms with Crippen molar-refractivity contribution in [2.75, 3.05) is 20.1 Å². The van der Waals surface area contributed by atoms with Gasteiger partial charge in [-0.05, 0) is 45.0 Å². The molecule has 2 rings (SSSR count). The number of rotatable bonds is 4. The van der Waals surface area contributed by atoms with E-state index in [1.165, 1.54) is 4.90 Å². The number of aryl methyl sites for hydroxylation is 2. The molecular formula is C14H18N2O2. The molecule has 18 heavy (non-hydrogen) atoms. The van der Waals surface area contributed by atoms with Crippen LogP contribution in [0, 0.1) is 13.8 Å². The van der Waals surface area contributed by atoms with E-state index in [4.69, 9.17) is 0 Å². The van der Waals surface area contributed by atoms with Crippen molar-refractivity contribution in [1.82, 2.24) is 10.2 Å². The van der Waals surface area contributed by atoms with Gasteiger partial charge in [-0.1, -0.05) is 12.1 Å². The number of nitrogens with zero attached hydrogens (tertiary/aromatic N) is 1. The van der Waals surface area contributed by atoms with E-state index >= 15 is 0 Å². The Morgan fingerprint density at radius 2 is 1.56 bits per heavy atom. The Kier molecular flexibility index (Phi) is 3.48. The molecule has 1 heterocycles. The van der Waals surface area contributed by atoms with Gasteiger partial charge < -0.3 is 5.32 Å². The monoisotopic (exact) mass is 246 g/mol. The number of amides is 2. The highest BCUT2D eigenvalue weighted by molar-refractivity contribution is 6.22. The molecule has 1 N–H and O–H groups in total. The Morgan fingerprint density at radius 1 is 1.06 bits per heavy atom. The number of hydrogen-bond acceptors (Lipinski definition) is 3. The van der Waals surface area contributed by atoms with Gasteiger partial charge in [0.25, 0.3) is 11.8 Å². The summed E-state index contributed by atoms with van der Waals surface area (Å²) in [6, 6.07) is 3.80. The van der Waals surface area contributed by atoms with Gasteiger partial charge in [0.05, 0.1) is 11.1 Å². The van der Waals surface area contributed by atoms with E-state index in [-0.39, 0.29) is 11.8 Å². The van der Waals surface area contributed by atoms with Crippen LogP contribution in [0.15, 0.2) is 12.1 Å². The van der Waals surface area contributed by atoms with Gasteiger partial charge in [-0.2, -0.15) is 0 Å². The molecule has 1 aromatic carbocycles. The molecule has 96 valence electrons. The van der Waals surface area contributed by atoms with Crippen LogP contribution in [0.3, 0.4) is 0 Å². The summed E-state index contributed by atoms with van der Waals surface area (Å²) in [5, 5.41) is 3.02. The van der Waals surface area contributed by atoms with Gasteiger partial charge in [-0.25, -0.2) is 0 Å². The Balaban J connectivity index is 2.32. The van der Waals surface area contributed by atoms with E-state index in [0.29, 0.717) is 17.7 Å². The summed E-state index contributed by atoms with van der Waals surface area (Å²) in [4.78, 5) is 25.9. The molecule has 4 nitrogen and oxygen atoms in total. The Morgan fingerprint density at radius 3 is 2.00 bits per heavy atom. The van der Waals surface area contributed by atoms with Crippen LogP contribution >= 0.6 is 0 Å². The molecule has 1 aliphatic rings. The number of imide groups is 1. The van der Waals surface area contributed by atoms with E-state index in [1.807, 2.05) is 33.0 Å². The third kappa shape index (κ3) is 1.93. The van der Waals surface area contributed by atoms with Crippen LogP contribution in [0.5, 0.6) is 0 Å². The number of carbonyl (C=O) groups excluding carboxylic acids is 2. The standard InChI is InChI=1S/C14H18N2O2/c1-9-5-6-10(2)12-11(9)13(17)16(14(12)18)8-4-7-15-3/h5-6,15H,4,7-8H2,1-3H3. The summed E-state index contributed by atoms with van der Waals surface area (Å²) in [5.41, 5.74) is 2.93. The van der Waals surface area contributed by atoms with E-state index in [0.717, 1.165) is 24.1 Å². The zero-order chi connectivity index (χ0) is 13.3. The lowest BCUT2D eigenvalue weighted by Crippen LogP contribution is -2.32. The second kappa shape index (κ2) is 4.90. The smallest absolute Gasteiger partial charge is 0.261 e. The van der Waals surface area contributed by atoms with Gasteiger partial charge in [0.2, 0.25) is 0 Å². The third-order valence-electron chi connectivity index (χ3n) is 3.35. The zero-order valence-electron chi connectivity index (χ0n) is 11.0. The quantitative estimate of drug-likeness (QED) is 0.647. The topological polar surface area (TPSA) is 49.4 Å². The van der Waals surface area contributed by atoms with Crippen LogP contribution in [-0.4, -0.2) is 36.9 Å². The molecule has 2 amide bonds. The lowest BCUT2D eigenvalue weighted by Gasteiger charge is -2.13. The average Bonchev–Trinajstić information content (AvgIpc) is 2.59. The largest absolute Gasteiger partial charge is 0.320 e. The van der Waals surface area contributed by atoms with Crippen LogP contribution in [-0.2, 0) is 0 Å². The van der Waals surface area contributed by atoms with Gasteiger partial charge >= 0.3 is 0 Å². The van der Waals surface area contributed by atoms with Crippen molar-refractivity contribution in [2.45, 2.75) is 20.3 Å². The van der Waals surface area contributed by atoms with Crippen LogP contribution in [0.2, 0.25) is 0 Å². The molecule has 1 aliphatic heterocycles. The van der Waals surface area contributed by atoms with E-state index in [2.05, 4.69) is 5.32 Å². The molecule has 0 unspecified atom stereocenters. The molecule has 0 atom stereocenters. The van der Waals surface area contributed by atoms with Crippen LogP contribution < -0.4 is 5.32 Å². The van der Waals surface area contributed by atoms with Crippen molar-refractivity contribution >= 4 is 11.8 Å². The molecule has 0 saturated carbocycles. The Hall–Kier alpha value is -1.68. The Bertz CT molecular complexity index is 468. The normalized spacial score (nSPS) is 14.3. The second-order valence-electron chi connectivity index (χ2n) is 4.67. The fourth-order valence-corrected chi connectivity index (χ4v) is 2.34. The van der Waals surface area contributed by atoms with Crippen molar-refractivity contribution in [3.8, 4) is 0 Å². The molecular weight excluding hydrogens is 228 g/mol. The third-order valence-corrected chi connectivity index (χ3v) is 3.35. The molecule has 0 bridgehead atoms. The molecule has 0 radical (unpaired) electrons. The molecule has 1 aromatic rings. The average molecular weight is 246 g/mol. The minimum absolute atomic E-state index is 0.146. The number of carbonyl (C=O) groups is 2. The highest BCUT2D eigenvalue weighted by Crippen LogP contribution is 2.28. The molecule has 0 spiro atoms. The predicted molar refractivity (Wildman–Crippen MR) is 69.8 cm³/mol. The van der Waals surface area contributed by atoms with Crippen LogP contribution in [0.25, 0.3) is 0 Å². The zero-order valence-corrected chi connectivity index (χ0v) is 11.0. The van der Waals surface area contributed by atoms with Crippen molar-refractivity contribution in [3.63, 3.8) is 0 Å². The first kappa shape index (κ1) is 12.8. The second-order valence-corrected chi connectivity index (χ2v) is 4.67. The number of benzene rings is 1. The first-order valence-corrected chi connectivity index (χ1v) is 6.19. The van der Waals surface area contributed by atoms with Gasteiger partial charge in [0, 0.05) is 6.54 Å². The van der Waals surface area contributed by atoms with Crippen molar-refractivity contribution in [3.05, 3.63) is 34.4 Å². The van der Waals surface area contributed by atoms with Gasteiger partial charge in [0.1, 0.15) is 0 Å². The van der Waals surface area contributed by atoms with Gasteiger partial charge in [-0.3, -0.25) is 14.5 Å². The number of hydrogen-bond donors (Lipinski definition) is 1. The van der Waals surface area contributed by atoms with Crippen molar-refractivity contribution in [1.29, 1.82) is 0 Å². The summed E-state index contributed by atoms with van der Waals surface area (Å²) < 4.78 is 0. The maximum atomic E-state index is 12.3. The first-order chi connectivity index (χ1) is 8.57. The molecule has 0 aromatic heterocycles. The summed E-state index contributed by atoms with van der Waals surface area (Å²) in [5.74, 6) is -0.292. The molecule has 4 heteroatoms. The van der Waals surface area contributed by atoms with Crippen LogP contribution in [0.1, 0.15) is 38.3 Å². The summed E-state index contributed by atoms with van der Waals surface area (Å²) in [7, 11) is 1.86. The lowest BCUT2D eigenvalue weighted by atomic mass is 9.99. The van der Waals surface area contributed by atoms with E-state index in [9.17, 15) is 9.59 Å². The van der Waals surface area contributed by atoms with Crippen LogP contribution in [0.4, 0.5) is 0 Å². The molecule has 0 aliphatic carbocycles. The van der Waals surface area contributed by atoms with E-state index < -0.39 is 0 Å². The fraction of sp³-hybridized carbons (Fsp3) is 0.429. The number of nitrogens with one attached hydrogen (secondary N) is 1. The summed E-state index contributed by atoms with van der Waals surface area (Å²) >= 11 is 0. The minimum Gasteiger partial charge on any atom is -0.320 e. The SMILES string of the molecule is CNCCCN1C(=O)c2c(C)ccc(C)c2C1=O. The molecule has 0 saturated heterocycles. The van der Waals surface area contributed by atoms with Gasteiger partial charge in [0.15, 0.2) is 0 Å². The van der Waals surface area contributed by atoms with Crippen molar-refractivity contribution in [2.24, 2.45) is 0 Å². The number of fused-ring (bicyclic) bond motifs is 1.